The van der Waals surface area contributed by atoms with Gasteiger partial charge in [0.15, 0.2) is 0 Å². The van der Waals surface area contributed by atoms with E-state index in [1.54, 1.807) is 36.7 Å². The molecule has 170 valence electrons. The van der Waals surface area contributed by atoms with Gasteiger partial charge in [-0.1, -0.05) is 48.6 Å². The number of fused-ring (bicyclic) bond motifs is 1. The molecule has 0 aliphatic carbocycles. The molecule has 4 aromatic rings. The number of pyridine rings is 1. The molecule has 0 atom stereocenters. The Bertz CT molecular complexity index is 1370. The molecule has 0 spiro atoms. The number of amides is 1. The predicted octanol–water partition coefficient (Wildman–Crippen LogP) is 7.02. The number of rotatable bonds is 5. The van der Waals surface area contributed by atoms with Gasteiger partial charge in [0.25, 0.3) is 0 Å². The summed E-state index contributed by atoms with van der Waals surface area (Å²) < 4.78 is 52.2. The number of allylic oxidation sites excluding steroid dienone is 2. The first-order valence-electron chi connectivity index (χ1n) is 10.3. The average Bonchev–Trinajstić information content (AvgIpc) is 2.82. The Balaban J connectivity index is 1.61. The molecule has 0 saturated heterocycles. The molecule has 1 N–H and O–H groups in total. The van der Waals surface area contributed by atoms with Crippen molar-refractivity contribution in [3.05, 3.63) is 126 Å². The van der Waals surface area contributed by atoms with Crippen molar-refractivity contribution < 1.29 is 22.4 Å². The molecular formula is C27H18F4N2O. The molecule has 0 fully saturated rings. The Hall–Kier alpha value is -4.26. The fourth-order valence-corrected chi connectivity index (χ4v) is 3.47. The van der Waals surface area contributed by atoms with E-state index < -0.39 is 17.6 Å². The molecule has 1 heterocycles. The van der Waals surface area contributed by atoms with E-state index >= 15 is 0 Å². The molecule has 0 bridgehead atoms. The zero-order chi connectivity index (χ0) is 24.1. The maximum absolute atomic E-state index is 13.4. The van der Waals surface area contributed by atoms with Crippen LogP contribution in [0.5, 0.6) is 0 Å². The van der Waals surface area contributed by atoms with Crippen LogP contribution in [0.25, 0.3) is 16.3 Å². The van der Waals surface area contributed by atoms with Gasteiger partial charge in [-0.05, 0) is 53.1 Å². The first-order chi connectivity index (χ1) is 16.3. The fourth-order valence-electron chi connectivity index (χ4n) is 3.47. The molecule has 34 heavy (non-hydrogen) atoms. The van der Waals surface area contributed by atoms with Crippen molar-refractivity contribution >= 4 is 27.9 Å². The number of carbonyl (C=O) groups is 1. The van der Waals surface area contributed by atoms with Crippen LogP contribution in [0, 0.1) is 5.82 Å². The molecule has 0 unspecified atom stereocenters. The number of hydrogen-bond donors (Lipinski definition) is 1. The van der Waals surface area contributed by atoms with Crippen LogP contribution in [0.2, 0.25) is 0 Å². The predicted molar refractivity (Wildman–Crippen MR) is 124 cm³/mol. The van der Waals surface area contributed by atoms with E-state index in [1.807, 2.05) is 6.07 Å². The summed E-state index contributed by atoms with van der Waals surface area (Å²) in [5.41, 5.74) is 1.47. The third-order valence-electron chi connectivity index (χ3n) is 5.13. The summed E-state index contributed by atoms with van der Waals surface area (Å²) in [6.07, 6.45) is 3.29. The van der Waals surface area contributed by atoms with Gasteiger partial charge in [-0.2, -0.15) is 13.2 Å². The van der Waals surface area contributed by atoms with Gasteiger partial charge in [-0.25, -0.2) is 4.39 Å². The average molecular weight is 462 g/mol. The van der Waals surface area contributed by atoms with Crippen molar-refractivity contribution in [2.75, 3.05) is 5.32 Å². The summed E-state index contributed by atoms with van der Waals surface area (Å²) in [5, 5.41) is 4.53. The zero-order valence-corrected chi connectivity index (χ0v) is 17.7. The smallest absolute Gasteiger partial charge is 0.322 e. The van der Waals surface area contributed by atoms with Crippen molar-refractivity contribution in [3.8, 4) is 0 Å². The molecule has 1 aromatic heterocycles. The minimum absolute atomic E-state index is 0.383. The Morgan fingerprint density at radius 1 is 0.882 bits per heavy atom. The maximum Gasteiger partial charge on any atom is 0.416 e. The van der Waals surface area contributed by atoms with Crippen LogP contribution in [-0.4, -0.2) is 10.9 Å². The molecule has 0 aliphatic heterocycles. The number of anilines is 1. The van der Waals surface area contributed by atoms with E-state index in [9.17, 15) is 22.4 Å². The lowest BCUT2D eigenvalue weighted by atomic mass is 9.96. The highest BCUT2D eigenvalue weighted by molar-refractivity contribution is 6.06. The monoisotopic (exact) mass is 462 g/mol. The van der Waals surface area contributed by atoms with Crippen LogP contribution in [0.4, 0.5) is 23.2 Å². The second-order valence-corrected chi connectivity index (χ2v) is 7.41. The van der Waals surface area contributed by atoms with Gasteiger partial charge in [-0.3, -0.25) is 9.78 Å². The normalized spacial score (nSPS) is 12.3. The minimum atomic E-state index is -4.45. The minimum Gasteiger partial charge on any atom is -0.322 e. The summed E-state index contributed by atoms with van der Waals surface area (Å²) in [6, 6.07) is 17.5. The molecule has 0 aliphatic rings. The Kier molecular flexibility index (Phi) is 6.54. The number of hydrogen-bond acceptors (Lipinski definition) is 2. The van der Waals surface area contributed by atoms with E-state index in [4.69, 9.17) is 0 Å². The van der Waals surface area contributed by atoms with Crippen molar-refractivity contribution in [2.45, 2.75) is 6.18 Å². The van der Waals surface area contributed by atoms with Crippen LogP contribution in [0.3, 0.4) is 0 Å². The third kappa shape index (κ3) is 5.38. The molecule has 3 nitrogen and oxygen atoms in total. The molecule has 0 saturated carbocycles. The van der Waals surface area contributed by atoms with Crippen LogP contribution in [0.1, 0.15) is 16.7 Å². The number of alkyl halides is 3. The first-order valence-corrected chi connectivity index (χ1v) is 10.3. The summed E-state index contributed by atoms with van der Waals surface area (Å²) in [5.74, 6) is -0.817. The van der Waals surface area contributed by atoms with E-state index in [1.165, 1.54) is 48.6 Å². The highest BCUT2D eigenvalue weighted by atomic mass is 19.4. The molecule has 3 aromatic carbocycles. The summed E-state index contributed by atoms with van der Waals surface area (Å²) >= 11 is 0. The second kappa shape index (κ2) is 9.70. The van der Waals surface area contributed by atoms with Crippen LogP contribution in [-0.2, 0) is 11.0 Å². The van der Waals surface area contributed by atoms with Gasteiger partial charge in [0.1, 0.15) is 5.82 Å². The summed E-state index contributed by atoms with van der Waals surface area (Å²) in [7, 11) is 0. The molecule has 4 rings (SSSR count). The van der Waals surface area contributed by atoms with Gasteiger partial charge in [-0.15, -0.1) is 0 Å². The number of benzene rings is 3. The SMILES string of the molecule is O=C(C=CC=C(c1ccc(F)cc1)c1ccc(C(F)(F)F)cc1)Nc1cccc2cnccc12. The number of nitrogens with one attached hydrogen (secondary N) is 1. The zero-order valence-electron chi connectivity index (χ0n) is 17.7. The topological polar surface area (TPSA) is 42.0 Å². The Morgan fingerprint density at radius 3 is 2.24 bits per heavy atom. The van der Waals surface area contributed by atoms with E-state index in [0.29, 0.717) is 22.4 Å². The van der Waals surface area contributed by atoms with Crippen LogP contribution < -0.4 is 5.32 Å². The van der Waals surface area contributed by atoms with Gasteiger partial charge >= 0.3 is 6.18 Å². The Labute approximate surface area is 193 Å². The van der Waals surface area contributed by atoms with Crippen molar-refractivity contribution in [2.24, 2.45) is 0 Å². The first kappa shape index (κ1) is 22.9. The molecule has 1 amide bonds. The van der Waals surface area contributed by atoms with Gasteiger partial charge in [0, 0.05) is 34.9 Å². The molecule has 7 heteroatoms. The van der Waals surface area contributed by atoms with Crippen molar-refractivity contribution in [1.29, 1.82) is 0 Å². The van der Waals surface area contributed by atoms with Crippen LogP contribution in [0.15, 0.2) is 103 Å². The summed E-state index contributed by atoms with van der Waals surface area (Å²) in [6.45, 7) is 0. The standard InChI is InChI=1S/C27H18F4N2O/c28-22-13-9-19(10-14-22)23(18-7-11-21(12-8-18)27(29,30)31)4-2-6-26(34)33-25-5-1-3-20-17-32-16-15-24(20)25/h1-17H,(H,33,34). The van der Waals surface area contributed by atoms with Crippen LogP contribution >= 0.6 is 0 Å². The van der Waals surface area contributed by atoms with E-state index in [0.717, 1.165) is 22.9 Å². The lowest BCUT2D eigenvalue weighted by Gasteiger charge is -2.11. The van der Waals surface area contributed by atoms with Gasteiger partial charge < -0.3 is 5.32 Å². The second-order valence-electron chi connectivity index (χ2n) is 7.41. The molecular weight excluding hydrogens is 444 g/mol. The summed E-state index contributed by atoms with van der Waals surface area (Å²) in [4.78, 5) is 16.6. The third-order valence-corrected chi connectivity index (χ3v) is 5.13. The van der Waals surface area contributed by atoms with E-state index in [-0.39, 0.29) is 5.91 Å². The van der Waals surface area contributed by atoms with Crippen molar-refractivity contribution in [3.63, 3.8) is 0 Å². The van der Waals surface area contributed by atoms with E-state index in [2.05, 4.69) is 10.3 Å². The highest BCUT2D eigenvalue weighted by Crippen LogP contribution is 2.31. The maximum atomic E-state index is 13.4. The van der Waals surface area contributed by atoms with Gasteiger partial charge in [0.2, 0.25) is 5.91 Å². The number of carbonyl (C=O) groups excluding carboxylic acids is 1. The number of halogens is 4. The Morgan fingerprint density at radius 2 is 1.56 bits per heavy atom. The number of aromatic nitrogens is 1. The van der Waals surface area contributed by atoms with Crippen molar-refractivity contribution in [1.82, 2.24) is 4.98 Å². The van der Waals surface area contributed by atoms with Gasteiger partial charge in [0.05, 0.1) is 5.56 Å². The lowest BCUT2D eigenvalue weighted by Crippen LogP contribution is -2.08. The fraction of sp³-hybridized carbons (Fsp3) is 0.0370. The largest absolute Gasteiger partial charge is 0.416 e. The quantitative estimate of drug-likeness (QED) is 0.197. The molecule has 0 radical (unpaired) electrons. The highest BCUT2D eigenvalue weighted by Gasteiger charge is 2.30. The number of nitrogens with zero attached hydrogens (tertiary/aromatic N) is 1. The lowest BCUT2D eigenvalue weighted by molar-refractivity contribution is -0.137.